The molecule has 0 spiro atoms. The molecule has 0 radical (unpaired) electrons. The molecule has 4 heteroatoms. The average molecular weight is 224 g/mol. The summed E-state index contributed by atoms with van der Waals surface area (Å²) in [6, 6.07) is 0.363. The lowest BCUT2D eigenvalue weighted by Gasteiger charge is -2.13. The third-order valence-electron chi connectivity index (χ3n) is 2.81. The van der Waals surface area contributed by atoms with E-state index in [1.807, 2.05) is 5.38 Å². The zero-order valence-electron chi connectivity index (χ0n) is 8.74. The van der Waals surface area contributed by atoms with Crippen molar-refractivity contribution >= 4 is 17.1 Å². The van der Waals surface area contributed by atoms with Crippen LogP contribution in [0.15, 0.2) is 10.9 Å². The fourth-order valence-electron chi connectivity index (χ4n) is 1.95. The van der Waals surface area contributed by atoms with Gasteiger partial charge in [0.15, 0.2) is 5.78 Å². The van der Waals surface area contributed by atoms with Gasteiger partial charge in [-0.25, -0.2) is 4.98 Å². The average Bonchev–Trinajstić information content (AvgIpc) is 2.65. The van der Waals surface area contributed by atoms with Gasteiger partial charge in [0.1, 0.15) is 5.69 Å². The van der Waals surface area contributed by atoms with E-state index in [0.29, 0.717) is 18.2 Å². The Labute approximate surface area is 93.9 Å². The molecule has 1 saturated heterocycles. The fourth-order valence-corrected chi connectivity index (χ4v) is 2.51. The summed E-state index contributed by atoms with van der Waals surface area (Å²) in [7, 11) is 0. The van der Waals surface area contributed by atoms with Crippen LogP contribution in [-0.4, -0.2) is 23.4 Å². The summed E-state index contributed by atoms with van der Waals surface area (Å²) in [4.78, 5) is 15.8. The first kappa shape index (κ1) is 10.8. The number of Topliss-reactive ketones (excluding diaryl/α,β-unsaturated/α-hetero) is 1. The minimum Gasteiger partial charge on any atom is -0.314 e. The predicted octanol–water partition coefficient (Wildman–Crippen LogP) is 2.25. The number of nitrogens with zero attached hydrogens (tertiary/aromatic N) is 1. The summed E-state index contributed by atoms with van der Waals surface area (Å²) < 4.78 is 0. The number of thiazole rings is 1. The number of rotatable bonds is 3. The van der Waals surface area contributed by atoms with Gasteiger partial charge in [0.25, 0.3) is 0 Å². The first-order valence-electron chi connectivity index (χ1n) is 5.51. The van der Waals surface area contributed by atoms with Crippen LogP contribution < -0.4 is 5.32 Å². The van der Waals surface area contributed by atoms with Gasteiger partial charge in [-0.2, -0.15) is 0 Å². The smallest absolute Gasteiger partial charge is 0.183 e. The minimum atomic E-state index is 0.177. The summed E-state index contributed by atoms with van der Waals surface area (Å²) in [6.45, 7) is 1.05. The van der Waals surface area contributed by atoms with E-state index in [1.165, 1.54) is 30.6 Å². The van der Waals surface area contributed by atoms with Gasteiger partial charge in [0, 0.05) is 17.8 Å². The van der Waals surface area contributed by atoms with Crippen LogP contribution in [0.5, 0.6) is 0 Å². The molecule has 15 heavy (non-hydrogen) atoms. The molecule has 0 saturated carbocycles. The van der Waals surface area contributed by atoms with E-state index in [0.717, 1.165) is 13.0 Å². The second-order valence-electron chi connectivity index (χ2n) is 4.00. The standard InChI is InChI=1S/C11H16N2OS/c14-11(10-7-15-8-13-10)6-9-4-2-1-3-5-12-9/h7-9,12H,1-6H2. The van der Waals surface area contributed by atoms with Gasteiger partial charge in [0.05, 0.1) is 5.51 Å². The van der Waals surface area contributed by atoms with Crippen molar-refractivity contribution < 1.29 is 4.79 Å². The zero-order chi connectivity index (χ0) is 10.5. The molecule has 2 rings (SSSR count). The minimum absolute atomic E-state index is 0.177. The Balaban J connectivity index is 1.87. The normalized spacial score (nSPS) is 22.3. The van der Waals surface area contributed by atoms with Crippen molar-refractivity contribution in [1.82, 2.24) is 10.3 Å². The topological polar surface area (TPSA) is 42.0 Å². The molecule has 0 amide bonds. The number of ketones is 1. The molecule has 3 nitrogen and oxygen atoms in total. The lowest BCUT2D eigenvalue weighted by Crippen LogP contribution is -2.30. The highest BCUT2D eigenvalue weighted by Crippen LogP contribution is 2.13. The highest BCUT2D eigenvalue weighted by atomic mass is 32.1. The molecule has 0 aliphatic carbocycles. The first-order chi connectivity index (χ1) is 7.36. The van der Waals surface area contributed by atoms with E-state index in [1.54, 1.807) is 5.51 Å². The fraction of sp³-hybridized carbons (Fsp3) is 0.636. The van der Waals surface area contributed by atoms with E-state index in [-0.39, 0.29) is 5.78 Å². The van der Waals surface area contributed by atoms with Crippen molar-refractivity contribution in [3.63, 3.8) is 0 Å². The van der Waals surface area contributed by atoms with Gasteiger partial charge in [-0.1, -0.05) is 12.8 Å². The third-order valence-corrected chi connectivity index (χ3v) is 3.40. The van der Waals surface area contributed by atoms with Crippen molar-refractivity contribution in [3.8, 4) is 0 Å². The van der Waals surface area contributed by atoms with Crippen molar-refractivity contribution in [2.24, 2.45) is 0 Å². The van der Waals surface area contributed by atoms with Crippen LogP contribution in [0.25, 0.3) is 0 Å². The molecule has 82 valence electrons. The molecule has 1 aliphatic heterocycles. The summed E-state index contributed by atoms with van der Waals surface area (Å²) in [6.07, 6.45) is 5.48. The van der Waals surface area contributed by atoms with Crippen molar-refractivity contribution in [2.75, 3.05) is 6.54 Å². The lowest BCUT2D eigenvalue weighted by molar-refractivity contribution is 0.0964. The van der Waals surface area contributed by atoms with Gasteiger partial charge in [0.2, 0.25) is 0 Å². The molecule has 2 heterocycles. The molecule has 1 aromatic heterocycles. The second-order valence-corrected chi connectivity index (χ2v) is 4.72. The highest BCUT2D eigenvalue weighted by molar-refractivity contribution is 7.07. The number of carbonyl (C=O) groups excluding carboxylic acids is 1. The molecule has 0 aromatic carbocycles. The first-order valence-corrected chi connectivity index (χ1v) is 6.45. The Morgan fingerprint density at radius 2 is 2.47 bits per heavy atom. The van der Waals surface area contributed by atoms with E-state index < -0.39 is 0 Å². The molecule has 1 unspecified atom stereocenters. The maximum Gasteiger partial charge on any atom is 0.183 e. The van der Waals surface area contributed by atoms with Crippen LogP contribution in [0.1, 0.15) is 42.6 Å². The van der Waals surface area contributed by atoms with Crippen molar-refractivity contribution in [3.05, 3.63) is 16.6 Å². The van der Waals surface area contributed by atoms with Gasteiger partial charge in [-0.05, 0) is 19.4 Å². The number of hydrogen-bond acceptors (Lipinski definition) is 4. The molecule has 0 bridgehead atoms. The molecule has 1 N–H and O–H groups in total. The summed E-state index contributed by atoms with van der Waals surface area (Å²) in [5.74, 6) is 0.177. The zero-order valence-corrected chi connectivity index (χ0v) is 9.55. The van der Waals surface area contributed by atoms with Crippen LogP contribution in [0.2, 0.25) is 0 Å². The van der Waals surface area contributed by atoms with E-state index in [2.05, 4.69) is 10.3 Å². The predicted molar refractivity (Wildman–Crippen MR) is 61.3 cm³/mol. The Morgan fingerprint density at radius 1 is 1.53 bits per heavy atom. The van der Waals surface area contributed by atoms with Gasteiger partial charge < -0.3 is 5.32 Å². The van der Waals surface area contributed by atoms with Crippen molar-refractivity contribution in [2.45, 2.75) is 38.1 Å². The number of carbonyl (C=O) groups is 1. The Morgan fingerprint density at radius 3 is 3.27 bits per heavy atom. The van der Waals surface area contributed by atoms with E-state index in [9.17, 15) is 4.79 Å². The van der Waals surface area contributed by atoms with Crippen LogP contribution in [0, 0.1) is 0 Å². The van der Waals surface area contributed by atoms with Gasteiger partial charge in [-0.3, -0.25) is 4.79 Å². The van der Waals surface area contributed by atoms with Crippen LogP contribution in [0.4, 0.5) is 0 Å². The SMILES string of the molecule is O=C(CC1CCCCCN1)c1cscn1. The van der Waals surface area contributed by atoms with Gasteiger partial charge in [-0.15, -0.1) is 11.3 Å². The monoisotopic (exact) mass is 224 g/mol. The maximum absolute atomic E-state index is 11.8. The summed E-state index contributed by atoms with van der Waals surface area (Å²) >= 11 is 1.48. The third kappa shape index (κ3) is 3.11. The Kier molecular flexibility index (Phi) is 3.86. The van der Waals surface area contributed by atoms with E-state index in [4.69, 9.17) is 0 Å². The van der Waals surface area contributed by atoms with Crippen LogP contribution in [0.3, 0.4) is 0 Å². The molecule has 1 atom stereocenters. The van der Waals surface area contributed by atoms with Gasteiger partial charge >= 0.3 is 0 Å². The van der Waals surface area contributed by atoms with Crippen LogP contribution in [-0.2, 0) is 0 Å². The maximum atomic E-state index is 11.8. The second kappa shape index (κ2) is 5.37. The molecule has 1 aromatic rings. The lowest BCUT2D eigenvalue weighted by atomic mass is 10.0. The molecular weight excluding hydrogens is 208 g/mol. The quantitative estimate of drug-likeness (QED) is 0.801. The summed E-state index contributed by atoms with van der Waals surface area (Å²) in [5.41, 5.74) is 2.35. The highest BCUT2D eigenvalue weighted by Gasteiger charge is 2.17. The van der Waals surface area contributed by atoms with E-state index >= 15 is 0 Å². The largest absolute Gasteiger partial charge is 0.314 e. The van der Waals surface area contributed by atoms with Crippen molar-refractivity contribution in [1.29, 1.82) is 0 Å². The number of aromatic nitrogens is 1. The number of hydrogen-bond donors (Lipinski definition) is 1. The Hall–Kier alpha value is -0.740. The molecule has 1 fully saturated rings. The Bertz CT molecular complexity index is 302. The van der Waals surface area contributed by atoms with Crippen LogP contribution >= 0.6 is 11.3 Å². The molecular formula is C11H16N2OS. The summed E-state index contributed by atoms with van der Waals surface area (Å²) in [5, 5.41) is 5.26. The molecule has 1 aliphatic rings. The number of nitrogens with one attached hydrogen (secondary N) is 1.